The van der Waals surface area contributed by atoms with Crippen LogP contribution in [0.1, 0.15) is 29.3 Å². The molecule has 1 fully saturated rings. The zero-order chi connectivity index (χ0) is 22.6. The minimum Gasteiger partial charge on any atom is -0.467 e. The number of hydrazone groups is 1. The van der Waals surface area contributed by atoms with Crippen molar-refractivity contribution in [3.05, 3.63) is 94.9 Å². The Kier molecular flexibility index (Phi) is 6.58. The number of rotatable bonds is 6. The Hall–Kier alpha value is -2.93. The molecule has 0 aliphatic carbocycles. The van der Waals surface area contributed by atoms with Crippen molar-refractivity contribution in [3.63, 3.8) is 0 Å². The highest BCUT2D eigenvalue weighted by Crippen LogP contribution is 2.33. The van der Waals surface area contributed by atoms with Gasteiger partial charge in [0.2, 0.25) is 0 Å². The molecule has 0 radical (unpaired) electrons. The maximum absolute atomic E-state index is 13.3. The van der Waals surface area contributed by atoms with Gasteiger partial charge in [-0.2, -0.15) is 5.10 Å². The van der Waals surface area contributed by atoms with E-state index in [0.29, 0.717) is 18.0 Å². The highest BCUT2D eigenvalue weighted by atomic mass is 35.5. The summed E-state index contributed by atoms with van der Waals surface area (Å²) in [6, 6.07) is 21.6. The fourth-order valence-corrected chi connectivity index (χ4v) is 4.60. The standard InChI is InChI=1S/C26H27ClN4O2/c27-22-10-8-21(9-11-22)23-17-24(25-7-4-16-33-25)31(28-23)26(32)19-30-14-12-29(13-15-30)18-20-5-2-1-3-6-20/h1-11,16,24H,12-15,17-19H2. The predicted molar refractivity (Wildman–Crippen MR) is 129 cm³/mol. The van der Waals surface area contributed by atoms with Crippen molar-refractivity contribution in [2.45, 2.75) is 19.0 Å². The van der Waals surface area contributed by atoms with Crippen LogP contribution in [-0.2, 0) is 11.3 Å². The third-order valence-electron chi connectivity index (χ3n) is 6.29. The third kappa shape index (κ3) is 5.19. The number of carbonyl (C=O) groups excluding carboxylic acids is 1. The molecule has 3 heterocycles. The quantitative estimate of drug-likeness (QED) is 0.544. The molecular formula is C26H27ClN4O2. The molecule has 0 saturated carbocycles. The van der Waals surface area contributed by atoms with Gasteiger partial charge in [0.15, 0.2) is 0 Å². The van der Waals surface area contributed by atoms with Crippen LogP contribution in [0.25, 0.3) is 0 Å². The van der Waals surface area contributed by atoms with Crippen molar-refractivity contribution in [1.82, 2.24) is 14.8 Å². The van der Waals surface area contributed by atoms with Crippen molar-refractivity contribution in [3.8, 4) is 0 Å². The van der Waals surface area contributed by atoms with Gasteiger partial charge in [-0.05, 0) is 35.4 Å². The molecule has 5 rings (SSSR count). The van der Waals surface area contributed by atoms with E-state index in [9.17, 15) is 4.79 Å². The van der Waals surface area contributed by atoms with E-state index in [2.05, 4.69) is 34.1 Å². The Balaban J connectivity index is 1.23. The lowest BCUT2D eigenvalue weighted by Gasteiger charge is -2.35. The lowest BCUT2D eigenvalue weighted by Crippen LogP contribution is -2.49. The van der Waals surface area contributed by atoms with Crippen LogP contribution in [0.15, 0.2) is 82.5 Å². The smallest absolute Gasteiger partial charge is 0.257 e. The number of amides is 1. The largest absolute Gasteiger partial charge is 0.467 e. The topological polar surface area (TPSA) is 52.3 Å². The van der Waals surface area contributed by atoms with Gasteiger partial charge < -0.3 is 4.42 Å². The SMILES string of the molecule is O=C(CN1CCN(Cc2ccccc2)CC1)N1N=C(c2ccc(Cl)cc2)CC1c1ccco1. The van der Waals surface area contributed by atoms with Gasteiger partial charge >= 0.3 is 0 Å². The number of furan rings is 1. The molecule has 1 aromatic heterocycles. The van der Waals surface area contributed by atoms with Gasteiger partial charge in [0.1, 0.15) is 11.8 Å². The summed E-state index contributed by atoms with van der Waals surface area (Å²) in [7, 11) is 0. The number of piperazine rings is 1. The van der Waals surface area contributed by atoms with Crippen molar-refractivity contribution in [2.24, 2.45) is 5.10 Å². The number of hydrogen-bond donors (Lipinski definition) is 0. The van der Waals surface area contributed by atoms with E-state index in [4.69, 9.17) is 21.1 Å². The van der Waals surface area contributed by atoms with Gasteiger partial charge in [0, 0.05) is 44.2 Å². The molecular weight excluding hydrogens is 436 g/mol. The second kappa shape index (κ2) is 9.91. The van der Waals surface area contributed by atoms with Crippen LogP contribution in [0.2, 0.25) is 5.02 Å². The van der Waals surface area contributed by atoms with Crippen LogP contribution < -0.4 is 0 Å². The van der Waals surface area contributed by atoms with Gasteiger partial charge in [0.05, 0.1) is 18.5 Å². The lowest BCUT2D eigenvalue weighted by atomic mass is 10.0. The molecule has 170 valence electrons. The molecule has 0 N–H and O–H groups in total. The van der Waals surface area contributed by atoms with Crippen molar-refractivity contribution >= 4 is 23.2 Å². The molecule has 1 atom stereocenters. The number of hydrogen-bond acceptors (Lipinski definition) is 5. The second-order valence-electron chi connectivity index (χ2n) is 8.57. The van der Waals surface area contributed by atoms with E-state index in [0.717, 1.165) is 49.8 Å². The lowest BCUT2D eigenvalue weighted by molar-refractivity contribution is -0.135. The molecule has 3 aromatic rings. The van der Waals surface area contributed by atoms with Gasteiger partial charge in [-0.3, -0.25) is 14.6 Å². The number of carbonyl (C=O) groups is 1. The normalized spacial score (nSPS) is 19.6. The third-order valence-corrected chi connectivity index (χ3v) is 6.54. The fraction of sp³-hybridized carbons (Fsp3) is 0.308. The van der Waals surface area contributed by atoms with E-state index < -0.39 is 0 Å². The minimum absolute atomic E-state index is 0.00290. The number of nitrogens with zero attached hydrogens (tertiary/aromatic N) is 4. The zero-order valence-corrected chi connectivity index (χ0v) is 19.2. The van der Waals surface area contributed by atoms with Crippen LogP contribution in [0.3, 0.4) is 0 Å². The van der Waals surface area contributed by atoms with Crippen LogP contribution >= 0.6 is 11.6 Å². The first kappa shape index (κ1) is 21.9. The Morgan fingerprint density at radius 1 is 0.939 bits per heavy atom. The van der Waals surface area contributed by atoms with Crippen molar-refractivity contribution in [2.75, 3.05) is 32.7 Å². The first-order chi connectivity index (χ1) is 16.2. The van der Waals surface area contributed by atoms with Gasteiger partial charge in [-0.25, -0.2) is 5.01 Å². The van der Waals surface area contributed by atoms with Crippen LogP contribution in [0, 0.1) is 0 Å². The Bertz CT molecular complexity index is 1090. The first-order valence-corrected chi connectivity index (χ1v) is 11.7. The first-order valence-electron chi connectivity index (χ1n) is 11.3. The maximum Gasteiger partial charge on any atom is 0.257 e. The van der Waals surface area contributed by atoms with Crippen LogP contribution in [-0.4, -0.2) is 59.2 Å². The summed E-state index contributed by atoms with van der Waals surface area (Å²) in [6.07, 6.45) is 2.26. The van der Waals surface area contributed by atoms with Crippen molar-refractivity contribution in [1.29, 1.82) is 0 Å². The molecule has 1 unspecified atom stereocenters. The molecule has 33 heavy (non-hydrogen) atoms. The summed E-state index contributed by atoms with van der Waals surface area (Å²) >= 11 is 6.04. The monoisotopic (exact) mass is 462 g/mol. The summed E-state index contributed by atoms with van der Waals surface area (Å²) in [4.78, 5) is 18.0. The Labute approximate surface area is 199 Å². The zero-order valence-electron chi connectivity index (χ0n) is 18.4. The van der Waals surface area contributed by atoms with Gasteiger partial charge in [-0.15, -0.1) is 0 Å². The maximum atomic E-state index is 13.3. The molecule has 0 bridgehead atoms. The van der Waals surface area contributed by atoms with E-state index >= 15 is 0 Å². The molecule has 1 amide bonds. The molecule has 7 heteroatoms. The average molecular weight is 463 g/mol. The number of benzene rings is 2. The van der Waals surface area contributed by atoms with Gasteiger partial charge in [-0.1, -0.05) is 54.1 Å². The minimum atomic E-state index is -0.224. The molecule has 2 aliphatic heterocycles. The van der Waals surface area contributed by atoms with E-state index in [-0.39, 0.29) is 11.9 Å². The van der Waals surface area contributed by atoms with Crippen molar-refractivity contribution < 1.29 is 9.21 Å². The molecule has 1 saturated heterocycles. The van der Waals surface area contributed by atoms with E-state index in [1.807, 2.05) is 42.5 Å². The predicted octanol–water partition coefficient (Wildman–Crippen LogP) is 4.43. The molecule has 2 aliphatic rings. The van der Waals surface area contributed by atoms with E-state index in [1.165, 1.54) is 5.56 Å². The molecule has 0 spiro atoms. The average Bonchev–Trinajstić information content (AvgIpc) is 3.52. The molecule has 2 aromatic carbocycles. The van der Waals surface area contributed by atoms with Gasteiger partial charge in [0.25, 0.3) is 5.91 Å². The highest BCUT2D eigenvalue weighted by Gasteiger charge is 2.35. The highest BCUT2D eigenvalue weighted by molar-refractivity contribution is 6.30. The molecule has 6 nitrogen and oxygen atoms in total. The Morgan fingerprint density at radius 3 is 2.36 bits per heavy atom. The summed E-state index contributed by atoms with van der Waals surface area (Å²) in [5.41, 5.74) is 3.17. The number of halogens is 1. The van der Waals surface area contributed by atoms with Crippen LogP contribution in [0.4, 0.5) is 0 Å². The second-order valence-corrected chi connectivity index (χ2v) is 9.00. The summed E-state index contributed by atoms with van der Waals surface area (Å²) < 4.78 is 5.65. The summed E-state index contributed by atoms with van der Waals surface area (Å²) in [5, 5.41) is 7.01. The Morgan fingerprint density at radius 2 is 1.67 bits per heavy atom. The van der Waals surface area contributed by atoms with Crippen LogP contribution in [0.5, 0.6) is 0 Å². The van der Waals surface area contributed by atoms with E-state index in [1.54, 1.807) is 11.3 Å². The summed E-state index contributed by atoms with van der Waals surface area (Å²) in [6.45, 7) is 4.93. The fourth-order valence-electron chi connectivity index (χ4n) is 4.47. The summed E-state index contributed by atoms with van der Waals surface area (Å²) in [5.74, 6) is 0.751.